The zero-order valence-corrected chi connectivity index (χ0v) is 11.4. The van der Waals surface area contributed by atoms with Crippen LogP contribution in [-0.4, -0.2) is 11.3 Å². The Kier molecular flexibility index (Phi) is 3.30. The number of thioether (sulfide) groups is 2. The number of fused-ring (bicyclic) bond motifs is 1. The molecule has 2 heterocycles. The van der Waals surface area contributed by atoms with Crippen molar-refractivity contribution in [1.82, 2.24) is 0 Å². The fraction of sp³-hybridized carbons (Fsp3) is 0.357. The first-order valence-corrected chi connectivity index (χ1v) is 7.99. The van der Waals surface area contributed by atoms with Gasteiger partial charge < -0.3 is 0 Å². The van der Waals surface area contributed by atoms with Crippen LogP contribution in [0.3, 0.4) is 0 Å². The lowest BCUT2D eigenvalue weighted by Gasteiger charge is -2.14. The summed E-state index contributed by atoms with van der Waals surface area (Å²) in [5, 5.41) is 1.91. The average molecular weight is 261 g/mol. The smallest absolute Gasteiger partial charge is 0.0735 e. The zero-order chi connectivity index (χ0) is 11.7. The van der Waals surface area contributed by atoms with Gasteiger partial charge in [-0.1, -0.05) is 30.3 Å². The summed E-state index contributed by atoms with van der Waals surface area (Å²) in [6.07, 6.45) is 6.62. The van der Waals surface area contributed by atoms with Gasteiger partial charge in [-0.3, -0.25) is 4.99 Å². The molecule has 0 spiro atoms. The van der Waals surface area contributed by atoms with Gasteiger partial charge in [0.2, 0.25) is 0 Å². The van der Waals surface area contributed by atoms with Crippen molar-refractivity contribution < 1.29 is 0 Å². The number of allylic oxidation sites excluding steroid dienone is 1. The molecule has 17 heavy (non-hydrogen) atoms. The van der Waals surface area contributed by atoms with Crippen LogP contribution in [0.1, 0.15) is 23.7 Å². The van der Waals surface area contributed by atoms with Gasteiger partial charge in [-0.05, 0) is 24.2 Å². The quantitative estimate of drug-likeness (QED) is 0.738. The van der Waals surface area contributed by atoms with Crippen LogP contribution in [0, 0.1) is 5.92 Å². The van der Waals surface area contributed by atoms with Crippen molar-refractivity contribution in [3.8, 4) is 0 Å². The first kappa shape index (κ1) is 11.4. The molecule has 2 unspecified atom stereocenters. The Hall–Kier alpha value is -0.670. The van der Waals surface area contributed by atoms with Crippen LogP contribution in [0.2, 0.25) is 0 Å². The Morgan fingerprint density at radius 1 is 1.29 bits per heavy atom. The zero-order valence-electron chi connectivity index (χ0n) is 9.80. The predicted octanol–water partition coefficient (Wildman–Crippen LogP) is 4.49. The molecule has 0 amide bonds. The lowest BCUT2D eigenvalue weighted by molar-refractivity contribution is 0.619. The summed E-state index contributed by atoms with van der Waals surface area (Å²) in [7, 11) is 0. The van der Waals surface area contributed by atoms with Crippen LogP contribution in [0.15, 0.2) is 46.4 Å². The molecule has 0 bridgehead atoms. The minimum atomic E-state index is 0.629. The predicted molar refractivity (Wildman–Crippen MR) is 78.5 cm³/mol. The molecule has 1 aromatic carbocycles. The summed E-state index contributed by atoms with van der Waals surface area (Å²) in [5.41, 5.74) is 1.46. The molecule has 3 heteroatoms. The minimum Gasteiger partial charge on any atom is -0.254 e. The lowest BCUT2D eigenvalue weighted by Crippen LogP contribution is -2.07. The fourth-order valence-electron chi connectivity index (χ4n) is 2.41. The first-order valence-electron chi connectivity index (χ1n) is 5.89. The third-order valence-corrected chi connectivity index (χ3v) is 5.55. The summed E-state index contributed by atoms with van der Waals surface area (Å²) < 4.78 is 0. The minimum absolute atomic E-state index is 0.629. The van der Waals surface area contributed by atoms with E-state index in [9.17, 15) is 0 Å². The van der Waals surface area contributed by atoms with E-state index in [-0.39, 0.29) is 0 Å². The van der Waals surface area contributed by atoms with E-state index in [1.165, 1.54) is 21.9 Å². The van der Waals surface area contributed by atoms with Gasteiger partial charge in [0.15, 0.2) is 0 Å². The van der Waals surface area contributed by atoms with E-state index in [1.54, 1.807) is 11.8 Å². The van der Waals surface area contributed by atoms with Gasteiger partial charge in [0.25, 0.3) is 0 Å². The van der Waals surface area contributed by atoms with Crippen LogP contribution in [0.4, 0.5) is 0 Å². The maximum absolute atomic E-state index is 4.52. The van der Waals surface area contributed by atoms with Crippen molar-refractivity contribution >= 4 is 28.6 Å². The van der Waals surface area contributed by atoms with Crippen LogP contribution < -0.4 is 0 Å². The molecule has 1 aromatic rings. The molecule has 0 aliphatic carbocycles. The third kappa shape index (κ3) is 2.31. The molecule has 88 valence electrons. The maximum atomic E-state index is 4.52. The van der Waals surface area contributed by atoms with E-state index in [0.29, 0.717) is 11.2 Å². The largest absolute Gasteiger partial charge is 0.254 e. The molecule has 3 rings (SSSR count). The molecule has 2 atom stereocenters. The Morgan fingerprint density at radius 3 is 2.88 bits per heavy atom. The molecular formula is C14H15NS2. The molecule has 0 N–H and O–H groups in total. The third-order valence-electron chi connectivity index (χ3n) is 3.34. The highest BCUT2D eigenvalue weighted by Gasteiger charge is 2.33. The normalized spacial score (nSPS) is 27.4. The Labute approximate surface area is 111 Å². The van der Waals surface area contributed by atoms with Crippen molar-refractivity contribution in [1.29, 1.82) is 0 Å². The molecular weight excluding hydrogens is 246 g/mol. The molecule has 0 saturated carbocycles. The molecule has 2 aliphatic heterocycles. The molecule has 1 fully saturated rings. The Bertz CT molecular complexity index is 464. The first-order chi connectivity index (χ1) is 8.36. The second-order valence-corrected chi connectivity index (χ2v) is 6.57. The van der Waals surface area contributed by atoms with Gasteiger partial charge >= 0.3 is 0 Å². The van der Waals surface area contributed by atoms with Crippen molar-refractivity contribution in [3.05, 3.63) is 47.0 Å². The van der Waals surface area contributed by atoms with Crippen molar-refractivity contribution in [3.63, 3.8) is 0 Å². The number of benzene rings is 1. The standard InChI is InChI=1S/C14H15NS2/c1-16-14-8-11-7-12(17-13(11)9-15-14)10-5-3-2-4-6-10/h2-6,9,11-12H,7-8H2,1H3. The van der Waals surface area contributed by atoms with Gasteiger partial charge in [0, 0.05) is 22.8 Å². The van der Waals surface area contributed by atoms with Crippen molar-refractivity contribution in [2.75, 3.05) is 6.26 Å². The maximum Gasteiger partial charge on any atom is 0.0735 e. The second-order valence-electron chi connectivity index (χ2n) is 4.41. The van der Waals surface area contributed by atoms with Crippen LogP contribution >= 0.6 is 23.5 Å². The van der Waals surface area contributed by atoms with Crippen molar-refractivity contribution in [2.24, 2.45) is 10.9 Å². The summed E-state index contributed by atoms with van der Waals surface area (Å²) >= 11 is 3.79. The summed E-state index contributed by atoms with van der Waals surface area (Å²) in [4.78, 5) is 6.00. The Morgan fingerprint density at radius 2 is 2.12 bits per heavy atom. The summed E-state index contributed by atoms with van der Waals surface area (Å²) in [6.45, 7) is 0. The van der Waals surface area contributed by atoms with Gasteiger partial charge in [-0.15, -0.1) is 23.5 Å². The van der Waals surface area contributed by atoms with Gasteiger partial charge in [-0.2, -0.15) is 0 Å². The second kappa shape index (κ2) is 4.91. The molecule has 1 saturated heterocycles. The molecule has 1 nitrogen and oxygen atoms in total. The SMILES string of the molecule is CSC1=NC=C2SC(c3ccccc3)CC2C1. The van der Waals surface area contributed by atoms with Gasteiger partial charge in [-0.25, -0.2) is 0 Å². The van der Waals surface area contributed by atoms with E-state index >= 15 is 0 Å². The molecule has 0 aromatic heterocycles. The van der Waals surface area contributed by atoms with E-state index in [1.807, 2.05) is 11.8 Å². The molecule has 2 aliphatic rings. The lowest BCUT2D eigenvalue weighted by atomic mass is 9.96. The summed E-state index contributed by atoms with van der Waals surface area (Å²) in [6, 6.07) is 10.8. The number of hydrogen-bond donors (Lipinski definition) is 0. The van der Waals surface area contributed by atoms with Crippen LogP contribution in [0.5, 0.6) is 0 Å². The fourth-order valence-corrected chi connectivity index (χ4v) is 4.37. The van der Waals surface area contributed by atoms with E-state index < -0.39 is 0 Å². The summed E-state index contributed by atoms with van der Waals surface area (Å²) in [5.74, 6) is 0.713. The van der Waals surface area contributed by atoms with E-state index in [2.05, 4.69) is 47.8 Å². The van der Waals surface area contributed by atoms with Gasteiger partial charge in [0.05, 0.1) is 5.04 Å². The van der Waals surface area contributed by atoms with E-state index in [4.69, 9.17) is 0 Å². The highest BCUT2D eigenvalue weighted by atomic mass is 32.2. The van der Waals surface area contributed by atoms with E-state index in [0.717, 1.165) is 6.42 Å². The highest BCUT2D eigenvalue weighted by Crippen LogP contribution is 2.53. The van der Waals surface area contributed by atoms with Crippen LogP contribution in [0.25, 0.3) is 0 Å². The average Bonchev–Trinajstić information content (AvgIpc) is 2.82. The van der Waals surface area contributed by atoms with Gasteiger partial charge in [0.1, 0.15) is 0 Å². The number of aliphatic imine (C=N–C) groups is 1. The topological polar surface area (TPSA) is 12.4 Å². The van der Waals surface area contributed by atoms with Crippen LogP contribution in [-0.2, 0) is 0 Å². The number of hydrogen-bond acceptors (Lipinski definition) is 3. The Balaban J connectivity index is 1.77. The number of rotatable bonds is 1. The van der Waals surface area contributed by atoms with Crippen molar-refractivity contribution in [2.45, 2.75) is 18.1 Å². The monoisotopic (exact) mass is 261 g/mol. The molecule has 0 radical (unpaired) electrons. The number of nitrogens with zero attached hydrogens (tertiary/aromatic N) is 1. The highest BCUT2D eigenvalue weighted by molar-refractivity contribution is 8.13.